The number of anilines is 1. The van der Waals surface area contributed by atoms with E-state index in [2.05, 4.69) is 5.32 Å². The normalized spacial score (nSPS) is 18.0. The van der Waals surface area contributed by atoms with Gasteiger partial charge in [-0.25, -0.2) is 12.8 Å². The van der Waals surface area contributed by atoms with Gasteiger partial charge in [0.1, 0.15) is 5.82 Å². The summed E-state index contributed by atoms with van der Waals surface area (Å²) in [5, 5.41) is 4.33. The fourth-order valence-electron chi connectivity index (χ4n) is 3.60. The predicted octanol–water partition coefficient (Wildman–Crippen LogP) is 4.50. The molecule has 3 rings (SSSR count). The van der Waals surface area contributed by atoms with Crippen molar-refractivity contribution in [1.82, 2.24) is 5.32 Å². The maximum absolute atomic E-state index is 14.9. The first-order valence-electron chi connectivity index (χ1n) is 9.65. The predicted molar refractivity (Wildman–Crippen MR) is 118 cm³/mol. The van der Waals surface area contributed by atoms with Crippen LogP contribution in [0.15, 0.2) is 53.9 Å². The third-order valence-electron chi connectivity index (χ3n) is 5.01. The van der Waals surface area contributed by atoms with E-state index in [-0.39, 0.29) is 11.6 Å². The zero-order valence-corrected chi connectivity index (χ0v) is 18.4. The van der Waals surface area contributed by atoms with Crippen molar-refractivity contribution in [3.05, 3.63) is 75.9 Å². The molecule has 2 atom stereocenters. The maximum Gasteiger partial charge on any atom is 0.251 e. The highest BCUT2D eigenvalue weighted by Gasteiger charge is 2.29. The van der Waals surface area contributed by atoms with Crippen LogP contribution >= 0.6 is 11.6 Å². The SMILES string of the molecule is C[C@H](/C=C/S(C)(=O)=O)NC(=O)c1ccc(N2CCCC2c2ccccc2Cl)c(F)c1. The summed E-state index contributed by atoms with van der Waals surface area (Å²) >= 11 is 6.35. The summed E-state index contributed by atoms with van der Waals surface area (Å²) < 4.78 is 37.3. The molecule has 1 heterocycles. The third-order valence-corrected chi connectivity index (χ3v) is 6.01. The van der Waals surface area contributed by atoms with Crippen LogP contribution in [0.5, 0.6) is 0 Å². The number of rotatable bonds is 6. The number of sulfone groups is 1. The molecule has 8 heteroatoms. The standard InChI is InChI=1S/C22H24ClFN2O3S/c1-15(11-13-30(2,28)29)25-22(27)16-9-10-21(19(24)14-16)26-12-5-8-20(26)17-6-3-4-7-18(17)23/h3-4,6-7,9-11,13-15,20H,5,8,12H2,1-2H3,(H,25,27)/b13-11+/t15-,20?/m1/s1. The van der Waals surface area contributed by atoms with E-state index in [0.717, 1.165) is 30.1 Å². The molecule has 0 spiro atoms. The van der Waals surface area contributed by atoms with Crippen LogP contribution in [-0.2, 0) is 9.84 Å². The minimum Gasteiger partial charge on any atom is -0.362 e. The summed E-state index contributed by atoms with van der Waals surface area (Å²) in [7, 11) is -3.28. The Kier molecular flexibility index (Phi) is 6.83. The molecule has 1 saturated heterocycles. The molecule has 0 aliphatic carbocycles. The van der Waals surface area contributed by atoms with E-state index in [1.165, 1.54) is 12.1 Å². The van der Waals surface area contributed by atoms with Crippen LogP contribution in [0.3, 0.4) is 0 Å². The zero-order chi connectivity index (χ0) is 21.9. The zero-order valence-electron chi connectivity index (χ0n) is 16.8. The molecule has 1 aliphatic heterocycles. The van der Waals surface area contributed by atoms with Crippen LogP contribution in [0.1, 0.15) is 41.7 Å². The average molecular weight is 451 g/mol. The largest absolute Gasteiger partial charge is 0.362 e. The van der Waals surface area contributed by atoms with Gasteiger partial charge in [0.05, 0.1) is 11.7 Å². The molecule has 0 bridgehead atoms. The second-order valence-corrected chi connectivity index (χ2v) is 9.80. The molecule has 1 aliphatic rings. The molecule has 2 aromatic rings. The average Bonchev–Trinajstić information content (AvgIpc) is 3.15. The summed E-state index contributed by atoms with van der Waals surface area (Å²) in [4.78, 5) is 14.4. The highest BCUT2D eigenvalue weighted by Crippen LogP contribution is 2.39. The number of halogens is 2. The lowest BCUT2D eigenvalue weighted by atomic mass is 10.0. The van der Waals surface area contributed by atoms with Gasteiger partial charge in [0.2, 0.25) is 0 Å². The topological polar surface area (TPSA) is 66.5 Å². The molecular weight excluding hydrogens is 427 g/mol. The van der Waals surface area contributed by atoms with Gasteiger partial charge in [0, 0.05) is 34.8 Å². The lowest BCUT2D eigenvalue weighted by Crippen LogP contribution is -2.31. The Morgan fingerprint density at radius 3 is 2.70 bits per heavy atom. The van der Waals surface area contributed by atoms with Gasteiger partial charge < -0.3 is 10.2 Å². The smallest absolute Gasteiger partial charge is 0.251 e. The number of hydrogen-bond acceptors (Lipinski definition) is 4. The molecule has 5 nitrogen and oxygen atoms in total. The first kappa shape index (κ1) is 22.3. The van der Waals surface area contributed by atoms with Gasteiger partial charge in [0.15, 0.2) is 9.84 Å². The van der Waals surface area contributed by atoms with Crippen molar-refractivity contribution in [3.63, 3.8) is 0 Å². The number of nitrogens with one attached hydrogen (secondary N) is 1. The summed E-state index contributed by atoms with van der Waals surface area (Å²) in [6, 6.07) is 11.4. The monoisotopic (exact) mass is 450 g/mol. The Balaban J connectivity index is 1.77. The quantitative estimate of drug-likeness (QED) is 0.703. The van der Waals surface area contributed by atoms with Crippen LogP contribution in [0.4, 0.5) is 10.1 Å². The first-order chi connectivity index (χ1) is 14.2. The fraction of sp³-hybridized carbons (Fsp3) is 0.318. The number of hydrogen-bond donors (Lipinski definition) is 1. The van der Waals surface area contributed by atoms with Crippen molar-refractivity contribution in [1.29, 1.82) is 0 Å². The molecular formula is C22H24ClFN2O3S. The van der Waals surface area contributed by atoms with E-state index >= 15 is 0 Å². The van der Waals surface area contributed by atoms with E-state index in [9.17, 15) is 17.6 Å². The van der Waals surface area contributed by atoms with Crippen molar-refractivity contribution >= 4 is 33.0 Å². The second kappa shape index (κ2) is 9.18. The van der Waals surface area contributed by atoms with Gasteiger partial charge in [-0.15, -0.1) is 0 Å². The van der Waals surface area contributed by atoms with Crippen LogP contribution < -0.4 is 10.2 Å². The Hall–Kier alpha value is -2.38. The van der Waals surface area contributed by atoms with E-state index < -0.39 is 27.6 Å². The number of carbonyl (C=O) groups is 1. The third kappa shape index (κ3) is 5.40. The van der Waals surface area contributed by atoms with Crippen LogP contribution in [0, 0.1) is 5.82 Å². The molecule has 1 N–H and O–H groups in total. The van der Waals surface area contributed by atoms with Crippen molar-refractivity contribution in [2.45, 2.75) is 31.8 Å². The molecule has 1 unspecified atom stereocenters. The van der Waals surface area contributed by atoms with Crippen LogP contribution in [0.2, 0.25) is 5.02 Å². The Labute approximate surface area is 181 Å². The molecule has 1 fully saturated rings. The van der Waals surface area contributed by atoms with E-state index in [1.54, 1.807) is 19.1 Å². The fourth-order valence-corrected chi connectivity index (χ4v) is 4.39. The highest BCUT2D eigenvalue weighted by molar-refractivity contribution is 7.93. The molecule has 1 amide bonds. The van der Waals surface area contributed by atoms with Gasteiger partial charge in [0.25, 0.3) is 5.91 Å². The lowest BCUT2D eigenvalue weighted by Gasteiger charge is -2.28. The Bertz CT molecular complexity index is 1070. The summed E-state index contributed by atoms with van der Waals surface area (Å²) in [5.74, 6) is -0.962. The van der Waals surface area contributed by atoms with E-state index in [4.69, 9.17) is 11.6 Å². The van der Waals surface area contributed by atoms with Gasteiger partial charge in [-0.2, -0.15) is 0 Å². The van der Waals surface area contributed by atoms with Crippen molar-refractivity contribution < 1.29 is 17.6 Å². The summed E-state index contributed by atoms with van der Waals surface area (Å²) in [6.07, 6.45) is 4.23. The molecule has 0 radical (unpaired) electrons. The first-order valence-corrected chi connectivity index (χ1v) is 12.0. The lowest BCUT2D eigenvalue weighted by molar-refractivity contribution is 0.0946. The van der Waals surface area contributed by atoms with Crippen molar-refractivity contribution in [2.75, 3.05) is 17.7 Å². The second-order valence-electron chi connectivity index (χ2n) is 7.46. The molecule has 160 valence electrons. The molecule has 0 saturated carbocycles. The number of benzene rings is 2. The number of carbonyl (C=O) groups excluding carboxylic acids is 1. The van der Waals surface area contributed by atoms with Gasteiger partial charge in [-0.05, 0) is 49.6 Å². The Morgan fingerprint density at radius 2 is 2.03 bits per heavy atom. The minimum atomic E-state index is -3.28. The van der Waals surface area contributed by atoms with E-state index in [0.29, 0.717) is 17.3 Å². The van der Waals surface area contributed by atoms with Crippen LogP contribution in [0.25, 0.3) is 0 Å². The molecule has 30 heavy (non-hydrogen) atoms. The van der Waals surface area contributed by atoms with Crippen LogP contribution in [-0.4, -0.2) is 33.2 Å². The van der Waals surface area contributed by atoms with Gasteiger partial charge >= 0.3 is 0 Å². The highest BCUT2D eigenvalue weighted by atomic mass is 35.5. The molecule has 2 aromatic carbocycles. The number of nitrogens with zero attached hydrogens (tertiary/aromatic N) is 1. The molecule has 0 aromatic heterocycles. The van der Waals surface area contributed by atoms with Crippen molar-refractivity contribution in [3.8, 4) is 0 Å². The summed E-state index contributed by atoms with van der Waals surface area (Å²) in [6.45, 7) is 2.34. The van der Waals surface area contributed by atoms with Crippen molar-refractivity contribution in [2.24, 2.45) is 0 Å². The van der Waals surface area contributed by atoms with Gasteiger partial charge in [-0.3, -0.25) is 4.79 Å². The number of amides is 1. The maximum atomic E-state index is 14.9. The van der Waals surface area contributed by atoms with Gasteiger partial charge in [-0.1, -0.05) is 35.9 Å². The van der Waals surface area contributed by atoms with E-state index in [1.807, 2.05) is 29.2 Å². The Morgan fingerprint density at radius 1 is 1.30 bits per heavy atom. The minimum absolute atomic E-state index is 0.0194. The summed E-state index contributed by atoms with van der Waals surface area (Å²) in [5.41, 5.74) is 1.56.